The van der Waals surface area contributed by atoms with Crippen LogP contribution >= 0.6 is 15.9 Å². The molecule has 0 fully saturated rings. The number of amides is 1. The van der Waals surface area contributed by atoms with Gasteiger partial charge in [0, 0.05) is 23.4 Å². The second kappa shape index (κ2) is 4.75. The fourth-order valence-electron chi connectivity index (χ4n) is 1.65. The van der Waals surface area contributed by atoms with E-state index in [-0.39, 0.29) is 5.91 Å². The summed E-state index contributed by atoms with van der Waals surface area (Å²) in [5, 5.41) is 2.90. The lowest BCUT2D eigenvalue weighted by atomic mass is 10.2. The smallest absolute Gasteiger partial charge is 0.272 e. The molecule has 1 aromatic heterocycles. The first-order valence-electron chi connectivity index (χ1n) is 5.27. The number of halogens is 1. The van der Waals surface area contributed by atoms with Crippen molar-refractivity contribution < 1.29 is 4.79 Å². The van der Waals surface area contributed by atoms with Crippen LogP contribution in [0.3, 0.4) is 0 Å². The number of hydrogen-bond acceptors (Lipinski definition) is 1. The van der Waals surface area contributed by atoms with Crippen LogP contribution in [-0.2, 0) is 7.05 Å². The fraction of sp³-hybridized carbons (Fsp3) is 0.154. The Kier molecular flexibility index (Phi) is 3.33. The van der Waals surface area contributed by atoms with Gasteiger partial charge in [-0.05, 0) is 42.8 Å². The minimum absolute atomic E-state index is 0.0945. The summed E-state index contributed by atoms with van der Waals surface area (Å²) in [5.74, 6) is -0.0945. The molecule has 0 radical (unpaired) electrons. The van der Waals surface area contributed by atoms with Gasteiger partial charge >= 0.3 is 0 Å². The van der Waals surface area contributed by atoms with E-state index < -0.39 is 0 Å². The number of aryl methyl sites for hydroxylation is 2. The second-order valence-electron chi connectivity index (χ2n) is 3.92. The molecule has 1 amide bonds. The molecule has 17 heavy (non-hydrogen) atoms. The minimum atomic E-state index is -0.0945. The van der Waals surface area contributed by atoms with E-state index in [0.717, 1.165) is 15.7 Å². The third-order valence-corrected chi connectivity index (χ3v) is 3.11. The second-order valence-corrected chi connectivity index (χ2v) is 4.83. The fourth-order valence-corrected chi connectivity index (χ4v) is 2.13. The average Bonchev–Trinajstić information content (AvgIpc) is 2.68. The monoisotopic (exact) mass is 292 g/mol. The van der Waals surface area contributed by atoms with E-state index in [1.165, 1.54) is 0 Å². The van der Waals surface area contributed by atoms with Gasteiger partial charge < -0.3 is 9.88 Å². The molecule has 1 aromatic carbocycles. The zero-order valence-electron chi connectivity index (χ0n) is 9.70. The molecule has 0 aliphatic heterocycles. The molecule has 88 valence electrons. The van der Waals surface area contributed by atoms with Crippen molar-refractivity contribution in [3.63, 3.8) is 0 Å². The molecule has 0 aliphatic carbocycles. The van der Waals surface area contributed by atoms with Crippen LogP contribution in [0.4, 0.5) is 5.69 Å². The lowest BCUT2D eigenvalue weighted by Crippen LogP contribution is -2.15. The molecular formula is C13H13BrN2O. The molecule has 0 unspecified atom stereocenters. The first-order valence-corrected chi connectivity index (χ1v) is 6.06. The van der Waals surface area contributed by atoms with Crippen molar-refractivity contribution in [1.82, 2.24) is 4.57 Å². The maximum atomic E-state index is 12.0. The lowest BCUT2D eigenvalue weighted by molar-refractivity contribution is 0.101. The Balaban J connectivity index is 2.22. The topological polar surface area (TPSA) is 34.0 Å². The minimum Gasteiger partial charge on any atom is -0.347 e. The van der Waals surface area contributed by atoms with E-state index >= 15 is 0 Å². The van der Waals surface area contributed by atoms with E-state index in [0.29, 0.717) is 5.69 Å². The summed E-state index contributed by atoms with van der Waals surface area (Å²) < 4.78 is 2.80. The first kappa shape index (κ1) is 11.9. The molecule has 2 rings (SSSR count). The SMILES string of the molecule is Cc1cc(Br)ccc1NC(=O)c1cccn1C. The summed E-state index contributed by atoms with van der Waals surface area (Å²) in [5.41, 5.74) is 2.51. The predicted molar refractivity (Wildman–Crippen MR) is 72.2 cm³/mol. The maximum Gasteiger partial charge on any atom is 0.272 e. The van der Waals surface area contributed by atoms with Crippen LogP contribution in [0.25, 0.3) is 0 Å². The van der Waals surface area contributed by atoms with Crippen LogP contribution in [0, 0.1) is 6.92 Å². The maximum absolute atomic E-state index is 12.0. The highest BCUT2D eigenvalue weighted by atomic mass is 79.9. The molecule has 1 heterocycles. The van der Waals surface area contributed by atoms with Gasteiger partial charge in [-0.25, -0.2) is 0 Å². The Bertz CT molecular complexity index is 560. The van der Waals surface area contributed by atoms with Crippen molar-refractivity contribution >= 4 is 27.5 Å². The molecule has 3 nitrogen and oxygen atoms in total. The number of rotatable bonds is 2. The highest BCUT2D eigenvalue weighted by Gasteiger charge is 2.10. The zero-order chi connectivity index (χ0) is 12.4. The van der Waals surface area contributed by atoms with Crippen LogP contribution in [0.1, 0.15) is 16.1 Å². The van der Waals surface area contributed by atoms with Gasteiger partial charge in [0.25, 0.3) is 5.91 Å². The third-order valence-electron chi connectivity index (χ3n) is 2.61. The van der Waals surface area contributed by atoms with E-state index in [1.807, 2.05) is 44.4 Å². The molecule has 4 heteroatoms. The number of benzene rings is 1. The predicted octanol–water partition coefficient (Wildman–Crippen LogP) is 3.35. The quantitative estimate of drug-likeness (QED) is 0.905. The van der Waals surface area contributed by atoms with Crippen molar-refractivity contribution in [2.45, 2.75) is 6.92 Å². The van der Waals surface area contributed by atoms with E-state index in [2.05, 4.69) is 21.2 Å². The Labute approximate surface area is 109 Å². The normalized spacial score (nSPS) is 10.3. The van der Waals surface area contributed by atoms with Gasteiger partial charge in [-0.3, -0.25) is 4.79 Å². The standard InChI is InChI=1S/C13H13BrN2O/c1-9-8-10(14)5-6-11(9)15-13(17)12-4-3-7-16(12)2/h3-8H,1-2H3,(H,15,17). The highest BCUT2D eigenvalue weighted by molar-refractivity contribution is 9.10. The van der Waals surface area contributed by atoms with Crippen molar-refractivity contribution in [3.05, 3.63) is 52.3 Å². The van der Waals surface area contributed by atoms with Crippen molar-refractivity contribution in [2.75, 3.05) is 5.32 Å². The van der Waals surface area contributed by atoms with Gasteiger partial charge in [0.1, 0.15) is 5.69 Å². The van der Waals surface area contributed by atoms with E-state index in [4.69, 9.17) is 0 Å². The summed E-state index contributed by atoms with van der Waals surface area (Å²) in [4.78, 5) is 12.0. The lowest BCUT2D eigenvalue weighted by Gasteiger charge is -2.09. The van der Waals surface area contributed by atoms with Crippen molar-refractivity contribution in [3.8, 4) is 0 Å². The number of anilines is 1. The molecule has 0 saturated carbocycles. The highest BCUT2D eigenvalue weighted by Crippen LogP contribution is 2.20. The van der Waals surface area contributed by atoms with Crippen LogP contribution in [0.2, 0.25) is 0 Å². The summed E-state index contributed by atoms with van der Waals surface area (Å²) in [6, 6.07) is 9.42. The molecule has 2 aromatic rings. The number of carbonyl (C=O) groups excluding carboxylic acids is 1. The number of nitrogens with zero attached hydrogens (tertiary/aromatic N) is 1. The Hall–Kier alpha value is -1.55. The van der Waals surface area contributed by atoms with Gasteiger partial charge in [0.2, 0.25) is 0 Å². The Morgan fingerprint density at radius 1 is 1.35 bits per heavy atom. The number of nitrogens with one attached hydrogen (secondary N) is 1. The number of aromatic nitrogens is 1. The summed E-state index contributed by atoms with van der Waals surface area (Å²) in [6.45, 7) is 1.96. The van der Waals surface area contributed by atoms with E-state index in [1.54, 1.807) is 10.6 Å². The molecule has 1 N–H and O–H groups in total. The summed E-state index contributed by atoms with van der Waals surface area (Å²) in [7, 11) is 1.85. The van der Waals surface area contributed by atoms with Gasteiger partial charge in [0.15, 0.2) is 0 Å². The third kappa shape index (κ3) is 2.58. The van der Waals surface area contributed by atoms with Crippen LogP contribution in [0.5, 0.6) is 0 Å². The molecule has 0 atom stereocenters. The first-order chi connectivity index (χ1) is 8.08. The van der Waals surface area contributed by atoms with Crippen LogP contribution < -0.4 is 5.32 Å². The van der Waals surface area contributed by atoms with Crippen molar-refractivity contribution in [1.29, 1.82) is 0 Å². The van der Waals surface area contributed by atoms with Gasteiger partial charge in [0.05, 0.1) is 0 Å². The molecular weight excluding hydrogens is 280 g/mol. The number of hydrogen-bond donors (Lipinski definition) is 1. The van der Waals surface area contributed by atoms with Gasteiger partial charge in [-0.2, -0.15) is 0 Å². The zero-order valence-corrected chi connectivity index (χ0v) is 11.3. The van der Waals surface area contributed by atoms with Crippen LogP contribution in [-0.4, -0.2) is 10.5 Å². The van der Waals surface area contributed by atoms with Gasteiger partial charge in [-0.1, -0.05) is 15.9 Å². The van der Waals surface area contributed by atoms with Gasteiger partial charge in [-0.15, -0.1) is 0 Å². The molecule has 0 bridgehead atoms. The molecule has 0 aliphatic rings. The Morgan fingerprint density at radius 3 is 2.71 bits per heavy atom. The van der Waals surface area contributed by atoms with Crippen molar-refractivity contribution in [2.24, 2.45) is 7.05 Å². The molecule has 0 saturated heterocycles. The van der Waals surface area contributed by atoms with E-state index in [9.17, 15) is 4.79 Å². The Morgan fingerprint density at radius 2 is 2.12 bits per heavy atom. The van der Waals surface area contributed by atoms with Crippen LogP contribution in [0.15, 0.2) is 41.0 Å². The molecule has 0 spiro atoms. The summed E-state index contributed by atoms with van der Waals surface area (Å²) in [6.07, 6.45) is 1.85. The number of carbonyl (C=O) groups is 1. The average molecular weight is 293 g/mol. The summed E-state index contributed by atoms with van der Waals surface area (Å²) >= 11 is 3.40. The largest absolute Gasteiger partial charge is 0.347 e.